The van der Waals surface area contributed by atoms with Gasteiger partial charge in [0.25, 0.3) is 5.69 Å². The van der Waals surface area contributed by atoms with Gasteiger partial charge >= 0.3 is 5.97 Å². The Bertz CT molecular complexity index is 915. The molecule has 3 rings (SSSR count). The molecule has 0 spiro atoms. The third kappa shape index (κ3) is 3.75. The lowest BCUT2D eigenvalue weighted by molar-refractivity contribution is -0.384. The minimum Gasteiger partial charge on any atom is -0.423 e. The molecule has 0 radical (unpaired) electrons. The first kappa shape index (κ1) is 17.7. The van der Waals surface area contributed by atoms with E-state index in [1.54, 1.807) is 18.2 Å². The van der Waals surface area contributed by atoms with Gasteiger partial charge in [0.1, 0.15) is 6.54 Å². The van der Waals surface area contributed by atoms with E-state index in [1.807, 2.05) is 6.92 Å². The lowest BCUT2D eigenvalue weighted by Crippen LogP contribution is -2.41. The summed E-state index contributed by atoms with van der Waals surface area (Å²) in [5, 5.41) is 14.1. The zero-order valence-corrected chi connectivity index (χ0v) is 14.4. The molecule has 2 aromatic rings. The third-order valence-corrected chi connectivity index (χ3v) is 4.08. The lowest BCUT2D eigenvalue weighted by Gasteiger charge is -2.29. The number of rotatable bonds is 4. The monoisotopic (exact) mass is 375 g/mol. The maximum absolute atomic E-state index is 12.4. The summed E-state index contributed by atoms with van der Waals surface area (Å²) in [5.41, 5.74) is 1.66. The molecule has 8 nitrogen and oxygen atoms in total. The Hall–Kier alpha value is -3.13. The van der Waals surface area contributed by atoms with Crippen LogP contribution < -0.4 is 15.0 Å². The van der Waals surface area contributed by atoms with Gasteiger partial charge in [0.15, 0.2) is 5.75 Å². The van der Waals surface area contributed by atoms with Crippen molar-refractivity contribution in [2.24, 2.45) is 0 Å². The number of non-ortho nitro benzene ring substituents is 1. The van der Waals surface area contributed by atoms with Crippen molar-refractivity contribution < 1.29 is 19.2 Å². The fourth-order valence-electron chi connectivity index (χ4n) is 2.59. The number of nitro groups is 1. The Morgan fingerprint density at radius 3 is 2.85 bits per heavy atom. The molecule has 26 heavy (non-hydrogen) atoms. The number of halogens is 1. The number of carbonyl (C=O) groups excluding carboxylic acids is 2. The Labute approximate surface area is 153 Å². The predicted octanol–water partition coefficient (Wildman–Crippen LogP) is 2.92. The van der Waals surface area contributed by atoms with Gasteiger partial charge in [0.05, 0.1) is 23.2 Å². The molecule has 1 aliphatic heterocycles. The van der Waals surface area contributed by atoms with Crippen LogP contribution in [-0.4, -0.2) is 29.9 Å². The highest BCUT2D eigenvalue weighted by atomic mass is 35.5. The van der Waals surface area contributed by atoms with Crippen molar-refractivity contribution >= 4 is 40.5 Å². The number of esters is 1. The number of nitrogens with zero attached hydrogens (tertiary/aromatic N) is 2. The molecule has 0 atom stereocenters. The maximum atomic E-state index is 12.4. The van der Waals surface area contributed by atoms with Crippen molar-refractivity contribution in [3.05, 3.63) is 57.1 Å². The summed E-state index contributed by atoms with van der Waals surface area (Å²) in [6.07, 6.45) is 0. The molecule has 0 bridgehead atoms. The highest BCUT2D eigenvalue weighted by Gasteiger charge is 2.27. The second-order valence-electron chi connectivity index (χ2n) is 5.75. The number of hydrogen-bond donors (Lipinski definition) is 1. The largest absolute Gasteiger partial charge is 0.423 e. The van der Waals surface area contributed by atoms with Crippen LogP contribution in [0.3, 0.4) is 0 Å². The van der Waals surface area contributed by atoms with Crippen molar-refractivity contribution in [1.82, 2.24) is 0 Å². The van der Waals surface area contributed by atoms with Gasteiger partial charge in [-0.05, 0) is 30.7 Å². The number of nitrogens with one attached hydrogen (secondary N) is 1. The summed E-state index contributed by atoms with van der Waals surface area (Å²) >= 11 is 5.94. The molecule has 0 aliphatic carbocycles. The molecule has 1 N–H and O–H groups in total. The minimum absolute atomic E-state index is 0.0576. The van der Waals surface area contributed by atoms with Gasteiger partial charge in [-0.25, -0.2) is 4.79 Å². The van der Waals surface area contributed by atoms with Crippen LogP contribution in [-0.2, 0) is 9.59 Å². The van der Waals surface area contributed by atoms with Crippen LogP contribution in [0, 0.1) is 17.0 Å². The van der Waals surface area contributed by atoms with Crippen molar-refractivity contribution in [2.45, 2.75) is 6.92 Å². The Kier molecular flexibility index (Phi) is 4.77. The van der Waals surface area contributed by atoms with Crippen LogP contribution in [0.4, 0.5) is 17.1 Å². The first-order chi connectivity index (χ1) is 12.3. The highest BCUT2D eigenvalue weighted by molar-refractivity contribution is 6.31. The van der Waals surface area contributed by atoms with Crippen molar-refractivity contribution in [2.75, 3.05) is 23.3 Å². The van der Waals surface area contributed by atoms with Gasteiger partial charge in [-0.2, -0.15) is 0 Å². The molecule has 1 heterocycles. The van der Waals surface area contributed by atoms with Crippen molar-refractivity contribution in [3.63, 3.8) is 0 Å². The van der Waals surface area contributed by atoms with E-state index in [2.05, 4.69) is 5.32 Å². The van der Waals surface area contributed by atoms with Crippen LogP contribution >= 0.6 is 11.6 Å². The summed E-state index contributed by atoms with van der Waals surface area (Å²) in [5.74, 6) is -0.888. The zero-order valence-electron chi connectivity index (χ0n) is 13.7. The first-order valence-corrected chi connectivity index (χ1v) is 8.01. The number of amides is 1. The van der Waals surface area contributed by atoms with E-state index in [1.165, 1.54) is 23.1 Å². The van der Waals surface area contributed by atoms with Gasteiger partial charge in [-0.1, -0.05) is 17.7 Å². The van der Waals surface area contributed by atoms with E-state index in [-0.39, 0.29) is 30.4 Å². The highest BCUT2D eigenvalue weighted by Crippen LogP contribution is 2.35. The van der Waals surface area contributed by atoms with Gasteiger partial charge in [-0.15, -0.1) is 0 Å². The van der Waals surface area contributed by atoms with Crippen LogP contribution in [0.1, 0.15) is 5.56 Å². The Morgan fingerprint density at radius 2 is 2.12 bits per heavy atom. The number of carbonyl (C=O) groups is 2. The Morgan fingerprint density at radius 1 is 1.35 bits per heavy atom. The molecule has 1 aliphatic rings. The number of aryl methyl sites for hydroxylation is 1. The van der Waals surface area contributed by atoms with Crippen LogP contribution in [0.15, 0.2) is 36.4 Å². The first-order valence-electron chi connectivity index (χ1n) is 7.63. The summed E-state index contributed by atoms with van der Waals surface area (Å²) < 4.78 is 5.05. The molecule has 9 heteroatoms. The second-order valence-corrected chi connectivity index (χ2v) is 6.18. The maximum Gasteiger partial charge on any atom is 0.331 e. The standard InChI is InChI=1S/C17H14ClN3O5/c1-10-2-3-11(18)6-13(10)19-16(22)8-20-9-17(23)26-15-7-12(21(24)25)4-5-14(15)20/h2-7H,8-9H2,1H3,(H,19,22). The van der Waals surface area contributed by atoms with E-state index >= 15 is 0 Å². The number of ether oxygens (including phenoxy) is 1. The normalized spacial score (nSPS) is 13.0. The molecule has 0 saturated heterocycles. The van der Waals surface area contributed by atoms with Crippen molar-refractivity contribution in [1.29, 1.82) is 0 Å². The number of anilines is 2. The number of benzene rings is 2. The second kappa shape index (κ2) is 7.01. The van der Waals surface area contributed by atoms with Gasteiger partial charge < -0.3 is 15.0 Å². The molecular weight excluding hydrogens is 362 g/mol. The van der Waals surface area contributed by atoms with Crippen LogP contribution in [0.25, 0.3) is 0 Å². The third-order valence-electron chi connectivity index (χ3n) is 3.85. The minimum atomic E-state index is -0.593. The smallest absolute Gasteiger partial charge is 0.331 e. The molecule has 0 aromatic heterocycles. The molecule has 0 fully saturated rings. The SMILES string of the molecule is Cc1ccc(Cl)cc1NC(=O)CN1CC(=O)Oc2cc([N+](=O)[O-])ccc21. The summed E-state index contributed by atoms with van der Waals surface area (Å²) in [4.78, 5) is 35.9. The molecule has 0 saturated carbocycles. The van der Waals surface area contributed by atoms with E-state index in [0.717, 1.165) is 5.56 Å². The fourth-order valence-corrected chi connectivity index (χ4v) is 2.76. The summed E-state index contributed by atoms with van der Waals surface area (Å²) in [6, 6.07) is 9.05. The van der Waals surface area contributed by atoms with Gasteiger partial charge in [-0.3, -0.25) is 14.9 Å². The lowest BCUT2D eigenvalue weighted by atomic mass is 10.2. The topological polar surface area (TPSA) is 102 Å². The predicted molar refractivity (Wildman–Crippen MR) is 95.8 cm³/mol. The molecule has 2 aromatic carbocycles. The Balaban J connectivity index is 1.80. The molecule has 1 amide bonds. The average molecular weight is 376 g/mol. The van der Waals surface area contributed by atoms with Gasteiger partial charge in [0.2, 0.25) is 5.91 Å². The van der Waals surface area contributed by atoms with E-state index < -0.39 is 10.9 Å². The fraction of sp³-hybridized carbons (Fsp3) is 0.176. The number of nitro benzene ring substituents is 1. The van der Waals surface area contributed by atoms with Crippen LogP contribution in [0.2, 0.25) is 5.02 Å². The summed E-state index contributed by atoms with van der Waals surface area (Å²) in [6.45, 7) is 1.58. The van der Waals surface area contributed by atoms with Crippen molar-refractivity contribution in [3.8, 4) is 5.75 Å². The molecule has 0 unspecified atom stereocenters. The number of fused-ring (bicyclic) bond motifs is 1. The number of hydrogen-bond acceptors (Lipinski definition) is 6. The molecular formula is C17H14ClN3O5. The van der Waals surface area contributed by atoms with E-state index in [0.29, 0.717) is 16.4 Å². The average Bonchev–Trinajstić information content (AvgIpc) is 2.57. The van der Waals surface area contributed by atoms with E-state index in [9.17, 15) is 19.7 Å². The quantitative estimate of drug-likeness (QED) is 0.381. The van der Waals surface area contributed by atoms with Crippen LogP contribution in [0.5, 0.6) is 5.75 Å². The van der Waals surface area contributed by atoms with E-state index in [4.69, 9.17) is 16.3 Å². The summed E-state index contributed by atoms with van der Waals surface area (Å²) in [7, 11) is 0. The van der Waals surface area contributed by atoms with Gasteiger partial charge in [0, 0.05) is 16.8 Å². The zero-order chi connectivity index (χ0) is 18.8. The molecule has 134 valence electrons.